The zero-order valence-electron chi connectivity index (χ0n) is 11.9. The van der Waals surface area contributed by atoms with Crippen LogP contribution < -0.4 is 10.5 Å². The molecule has 1 fully saturated rings. The molecule has 2 rings (SSSR count). The monoisotopic (exact) mass is 266 g/mol. The van der Waals surface area contributed by atoms with Crippen molar-refractivity contribution in [3.05, 3.63) is 29.6 Å². The number of ether oxygens (including phenoxy) is 1. The van der Waals surface area contributed by atoms with Crippen LogP contribution in [0.5, 0.6) is 5.75 Å². The van der Waals surface area contributed by atoms with E-state index in [1.54, 1.807) is 19.2 Å². The molecule has 1 atom stereocenters. The molecular weight excluding hydrogens is 243 g/mol. The SMILES string of the molecule is COc1ccc(F)cc1C(N(C)C)C1(CN)CCC1. The minimum atomic E-state index is -0.228. The molecule has 106 valence electrons. The maximum Gasteiger partial charge on any atom is 0.123 e. The Morgan fingerprint density at radius 2 is 2.11 bits per heavy atom. The van der Waals surface area contributed by atoms with Crippen molar-refractivity contribution in [3.63, 3.8) is 0 Å². The summed E-state index contributed by atoms with van der Waals surface area (Å²) in [7, 11) is 5.66. The number of rotatable bonds is 5. The van der Waals surface area contributed by atoms with Crippen LogP contribution in [0.4, 0.5) is 4.39 Å². The van der Waals surface area contributed by atoms with Crippen LogP contribution in [0.15, 0.2) is 18.2 Å². The molecule has 0 saturated heterocycles. The van der Waals surface area contributed by atoms with Crippen molar-refractivity contribution in [2.75, 3.05) is 27.7 Å². The van der Waals surface area contributed by atoms with Crippen LogP contribution in [0.2, 0.25) is 0 Å². The number of halogens is 1. The summed E-state index contributed by atoms with van der Waals surface area (Å²) in [6.45, 7) is 0.621. The highest BCUT2D eigenvalue weighted by molar-refractivity contribution is 5.38. The van der Waals surface area contributed by atoms with Crippen molar-refractivity contribution in [1.82, 2.24) is 4.90 Å². The van der Waals surface area contributed by atoms with E-state index < -0.39 is 0 Å². The maximum absolute atomic E-state index is 13.6. The Morgan fingerprint density at radius 1 is 1.42 bits per heavy atom. The Hall–Kier alpha value is -1.13. The molecule has 0 radical (unpaired) electrons. The predicted molar refractivity (Wildman–Crippen MR) is 74.7 cm³/mol. The molecule has 19 heavy (non-hydrogen) atoms. The van der Waals surface area contributed by atoms with Gasteiger partial charge in [-0.15, -0.1) is 0 Å². The van der Waals surface area contributed by atoms with Crippen LogP contribution in [0.25, 0.3) is 0 Å². The Balaban J connectivity index is 2.47. The van der Waals surface area contributed by atoms with E-state index in [0.717, 1.165) is 24.2 Å². The van der Waals surface area contributed by atoms with E-state index >= 15 is 0 Å². The number of methoxy groups -OCH3 is 1. The Kier molecular flexibility index (Phi) is 4.11. The van der Waals surface area contributed by atoms with E-state index in [9.17, 15) is 4.39 Å². The third-order valence-corrected chi connectivity index (χ3v) is 4.34. The molecule has 1 aliphatic carbocycles. The van der Waals surface area contributed by atoms with Crippen LogP contribution in [-0.4, -0.2) is 32.6 Å². The van der Waals surface area contributed by atoms with Gasteiger partial charge in [0.25, 0.3) is 0 Å². The first kappa shape index (κ1) is 14.3. The average Bonchev–Trinajstić information content (AvgIpc) is 2.33. The highest BCUT2D eigenvalue weighted by atomic mass is 19.1. The van der Waals surface area contributed by atoms with Crippen molar-refractivity contribution in [1.29, 1.82) is 0 Å². The van der Waals surface area contributed by atoms with Gasteiger partial charge in [0.2, 0.25) is 0 Å². The first-order valence-corrected chi connectivity index (χ1v) is 6.74. The smallest absolute Gasteiger partial charge is 0.123 e. The predicted octanol–water partition coefficient (Wildman–Crippen LogP) is 2.57. The summed E-state index contributed by atoms with van der Waals surface area (Å²) in [6, 6.07) is 4.81. The van der Waals surface area contributed by atoms with E-state index in [0.29, 0.717) is 6.54 Å². The zero-order valence-corrected chi connectivity index (χ0v) is 11.9. The van der Waals surface area contributed by atoms with Crippen LogP contribution in [0.1, 0.15) is 30.9 Å². The summed E-state index contributed by atoms with van der Waals surface area (Å²) in [5.41, 5.74) is 6.96. The topological polar surface area (TPSA) is 38.5 Å². The molecular formula is C15H23FN2O. The van der Waals surface area contributed by atoms with Gasteiger partial charge in [0.1, 0.15) is 11.6 Å². The van der Waals surface area contributed by atoms with Crippen LogP contribution in [0.3, 0.4) is 0 Å². The van der Waals surface area contributed by atoms with Crippen LogP contribution in [-0.2, 0) is 0 Å². The minimum absolute atomic E-state index is 0.0462. The lowest BCUT2D eigenvalue weighted by molar-refractivity contribution is 0.0267. The Labute approximate surface area is 114 Å². The van der Waals surface area contributed by atoms with Gasteiger partial charge in [0.15, 0.2) is 0 Å². The molecule has 1 aromatic rings. The fourth-order valence-corrected chi connectivity index (χ4v) is 3.29. The summed E-state index contributed by atoms with van der Waals surface area (Å²) in [5.74, 6) is 0.508. The number of nitrogens with zero attached hydrogens (tertiary/aromatic N) is 1. The van der Waals surface area contributed by atoms with Crippen molar-refractivity contribution >= 4 is 0 Å². The third-order valence-electron chi connectivity index (χ3n) is 4.34. The number of benzene rings is 1. The van der Waals surface area contributed by atoms with Crippen LogP contribution in [0, 0.1) is 11.2 Å². The molecule has 0 aromatic heterocycles. The molecule has 0 bridgehead atoms. The van der Waals surface area contributed by atoms with Gasteiger partial charge < -0.3 is 15.4 Å². The Morgan fingerprint density at radius 3 is 2.53 bits per heavy atom. The summed E-state index contributed by atoms with van der Waals surface area (Å²) in [5, 5.41) is 0. The third kappa shape index (κ3) is 2.47. The molecule has 1 aromatic carbocycles. The van der Waals surface area contributed by atoms with E-state index in [2.05, 4.69) is 4.90 Å². The number of nitrogens with two attached hydrogens (primary N) is 1. The summed E-state index contributed by atoms with van der Waals surface area (Å²) >= 11 is 0. The van der Waals surface area contributed by atoms with E-state index in [1.807, 2.05) is 14.1 Å². The molecule has 0 spiro atoms. The lowest BCUT2D eigenvalue weighted by Gasteiger charge is -2.50. The van der Waals surface area contributed by atoms with E-state index in [-0.39, 0.29) is 17.3 Å². The summed E-state index contributed by atoms with van der Waals surface area (Å²) < 4.78 is 19.0. The van der Waals surface area contributed by atoms with Gasteiger partial charge in [-0.1, -0.05) is 6.42 Å². The van der Waals surface area contributed by atoms with Crippen molar-refractivity contribution in [2.24, 2.45) is 11.1 Å². The van der Waals surface area contributed by atoms with E-state index in [4.69, 9.17) is 10.5 Å². The Bertz CT molecular complexity index is 438. The largest absolute Gasteiger partial charge is 0.496 e. The second-order valence-corrected chi connectivity index (χ2v) is 5.67. The average molecular weight is 266 g/mol. The van der Waals surface area contributed by atoms with Gasteiger partial charge in [0.05, 0.1) is 7.11 Å². The molecule has 2 N–H and O–H groups in total. The van der Waals surface area contributed by atoms with Gasteiger partial charge in [-0.2, -0.15) is 0 Å². The minimum Gasteiger partial charge on any atom is -0.496 e. The van der Waals surface area contributed by atoms with Crippen molar-refractivity contribution < 1.29 is 9.13 Å². The molecule has 0 amide bonds. The van der Waals surface area contributed by atoms with Gasteiger partial charge in [-0.25, -0.2) is 4.39 Å². The van der Waals surface area contributed by atoms with Crippen LogP contribution >= 0.6 is 0 Å². The standard InChI is InChI=1S/C15H23FN2O/c1-18(2)14(15(10-17)7-4-8-15)12-9-11(16)5-6-13(12)19-3/h5-6,9,14H,4,7-8,10,17H2,1-3H3. The number of hydrogen-bond acceptors (Lipinski definition) is 3. The highest BCUT2D eigenvalue weighted by Gasteiger charge is 2.45. The lowest BCUT2D eigenvalue weighted by atomic mass is 9.62. The molecule has 3 nitrogen and oxygen atoms in total. The fraction of sp³-hybridized carbons (Fsp3) is 0.600. The van der Waals surface area contributed by atoms with E-state index in [1.165, 1.54) is 12.5 Å². The summed E-state index contributed by atoms with van der Waals surface area (Å²) in [4.78, 5) is 2.13. The summed E-state index contributed by atoms with van der Waals surface area (Å²) in [6.07, 6.45) is 3.37. The quantitative estimate of drug-likeness (QED) is 0.890. The van der Waals surface area contributed by atoms with Gasteiger partial charge in [-0.05, 0) is 51.7 Å². The molecule has 0 heterocycles. The second-order valence-electron chi connectivity index (χ2n) is 5.67. The fourth-order valence-electron chi connectivity index (χ4n) is 3.29. The highest BCUT2D eigenvalue weighted by Crippen LogP contribution is 2.53. The molecule has 0 aliphatic heterocycles. The first-order valence-electron chi connectivity index (χ1n) is 6.74. The second kappa shape index (κ2) is 5.47. The number of hydrogen-bond donors (Lipinski definition) is 1. The lowest BCUT2D eigenvalue weighted by Crippen LogP contribution is -2.47. The maximum atomic E-state index is 13.6. The normalized spacial score (nSPS) is 19.1. The zero-order chi connectivity index (χ0) is 14.0. The van der Waals surface area contributed by atoms with Gasteiger partial charge >= 0.3 is 0 Å². The molecule has 1 saturated carbocycles. The van der Waals surface area contributed by atoms with Gasteiger partial charge in [-0.3, -0.25) is 0 Å². The van der Waals surface area contributed by atoms with Gasteiger partial charge in [0, 0.05) is 17.0 Å². The molecule has 1 aliphatic rings. The van der Waals surface area contributed by atoms with Crippen molar-refractivity contribution in [2.45, 2.75) is 25.3 Å². The molecule has 4 heteroatoms. The van der Waals surface area contributed by atoms with Crippen molar-refractivity contribution in [3.8, 4) is 5.75 Å². The first-order chi connectivity index (χ1) is 9.04. The molecule has 1 unspecified atom stereocenters.